The molecule has 0 unspecified atom stereocenters. The van der Waals surface area contributed by atoms with E-state index in [0.717, 1.165) is 11.1 Å². The molecule has 0 aliphatic rings. The number of benzene rings is 2. The zero-order valence-corrected chi connectivity index (χ0v) is 11.4. The SMILES string of the molecule is N#CC(=Cc1ccc(-c2nc3ccccc3o2)cc1)C(=O)O. The topological polar surface area (TPSA) is 87.1 Å². The van der Waals surface area contributed by atoms with Gasteiger partial charge >= 0.3 is 5.97 Å². The minimum absolute atomic E-state index is 0.311. The van der Waals surface area contributed by atoms with Gasteiger partial charge < -0.3 is 9.52 Å². The molecule has 0 saturated carbocycles. The average Bonchev–Trinajstić information content (AvgIpc) is 2.97. The summed E-state index contributed by atoms with van der Waals surface area (Å²) < 4.78 is 5.66. The van der Waals surface area contributed by atoms with Gasteiger partial charge in [0.1, 0.15) is 17.2 Å². The van der Waals surface area contributed by atoms with Gasteiger partial charge in [-0.1, -0.05) is 24.3 Å². The molecule has 0 bridgehead atoms. The quantitative estimate of drug-likeness (QED) is 0.589. The molecule has 22 heavy (non-hydrogen) atoms. The second kappa shape index (κ2) is 5.54. The van der Waals surface area contributed by atoms with Gasteiger partial charge in [0.05, 0.1) is 0 Å². The molecule has 0 spiro atoms. The van der Waals surface area contributed by atoms with Gasteiger partial charge in [-0.3, -0.25) is 0 Å². The van der Waals surface area contributed by atoms with Gasteiger partial charge in [-0.15, -0.1) is 0 Å². The molecule has 0 saturated heterocycles. The maximum atomic E-state index is 10.8. The number of aromatic nitrogens is 1. The summed E-state index contributed by atoms with van der Waals surface area (Å²) in [4.78, 5) is 15.2. The number of hydrogen-bond donors (Lipinski definition) is 1. The zero-order chi connectivity index (χ0) is 15.5. The Morgan fingerprint density at radius 2 is 1.91 bits per heavy atom. The van der Waals surface area contributed by atoms with Crippen LogP contribution in [0.1, 0.15) is 5.56 Å². The predicted molar refractivity (Wildman–Crippen MR) is 80.7 cm³/mol. The van der Waals surface area contributed by atoms with Crippen LogP contribution in [-0.2, 0) is 4.79 Å². The Bertz CT molecular complexity index is 882. The van der Waals surface area contributed by atoms with Crippen molar-refractivity contribution in [2.75, 3.05) is 0 Å². The first-order valence-corrected chi connectivity index (χ1v) is 6.48. The van der Waals surface area contributed by atoms with Crippen molar-refractivity contribution in [3.63, 3.8) is 0 Å². The highest BCUT2D eigenvalue weighted by Gasteiger charge is 2.08. The molecule has 5 nitrogen and oxygen atoms in total. The van der Waals surface area contributed by atoms with Gasteiger partial charge in [0, 0.05) is 5.56 Å². The highest BCUT2D eigenvalue weighted by molar-refractivity contribution is 5.96. The third-order valence-corrected chi connectivity index (χ3v) is 3.11. The third-order valence-electron chi connectivity index (χ3n) is 3.11. The Kier molecular flexibility index (Phi) is 3.42. The average molecular weight is 290 g/mol. The zero-order valence-electron chi connectivity index (χ0n) is 11.4. The van der Waals surface area contributed by atoms with Crippen molar-refractivity contribution in [2.24, 2.45) is 0 Å². The Labute approximate surface area is 125 Å². The summed E-state index contributed by atoms with van der Waals surface area (Å²) in [7, 11) is 0. The van der Waals surface area contributed by atoms with Crippen molar-refractivity contribution in [3.8, 4) is 17.5 Å². The molecule has 3 rings (SSSR count). The van der Waals surface area contributed by atoms with E-state index in [1.54, 1.807) is 30.3 Å². The standard InChI is InChI=1S/C17H10N2O3/c18-10-13(17(20)21)9-11-5-7-12(8-6-11)16-19-14-3-1-2-4-15(14)22-16/h1-9H,(H,20,21). The summed E-state index contributed by atoms with van der Waals surface area (Å²) >= 11 is 0. The highest BCUT2D eigenvalue weighted by Crippen LogP contribution is 2.24. The Morgan fingerprint density at radius 3 is 2.55 bits per heavy atom. The fourth-order valence-electron chi connectivity index (χ4n) is 2.03. The lowest BCUT2D eigenvalue weighted by Crippen LogP contribution is -1.97. The molecule has 1 aromatic heterocycles. The van der Waals surface area contributed by atoms with Gasteiger partial charge in [0.2, 0.25) is 5.89 Å². The Hall–Kier alpha value is -3.39. The highest BCUT2D eigenvalue weighted by atomic mass is 16.4. The molecular formula is C17H10N2O3. The molecule has 2 aromatic carbocycles. The van der Waals surface area contributed by atoms with Gasteiger partial charge in [-0.2, -0.15) is 5.26 Å². The van der Waals surface area contributed by atoms with E-state index >= 15 is 0 Å². The molecule has 5 heteroatoms. The summed E-state index contributed by atoms with van der Waals surface area (Å²) in [6, 6.07) is 16.1. The molecule has 1 heterocycles. The molecule has 3 aromatic rings. The fraction of sp³-hybridized carbons (Fsp3) is 0. The van der Waals surface area contributed by atoms with Crippen LogP contribution in [0.2, 0.25) is 0 Å². The summed E-state index contributed by atoms with van der Waals surface area (Å²) in [5.41, 5.74) is 2.58. The first-order chi connectivity index (χ1) is 10.7. The van der Waals surface area contributed by atoms with E-state index in [4.69, 9.17) is 14.8 Å². The molecule has 0 amide bonds. The number of nitrogens with zero attached hydrogens (tertiary/aromatic N) is 2. The minimum Gasteiger partial charge on any atom is -0.477 e. The normalized spacial score (nSPS) is 11.3. The van der Waals surface area contributed by atoms with Crippen molar-refractivity contribution < 1.29 is 14.3 Å². The van der Waals surface area contributed by atoms with E-state index in [1.807, 2.05) is 24.3 Å². The fourth-order valence-corrected chi connectivity index (χ4v) is 2.03. The minimum atomic E-state index is -1.24. The van der Waals surface area contributed by atoms with Crippen LogP contribution in [0.3, 0.4) is 0 Å². The first kappa shape index (κ1) is 13.6. The molecular weight excluding hydrogens is 280 g/mol. The van der Waals surface area contributed by atoms with E-state index in [1.165, 1.54) is 6.08 Å². The van der Waals surface area contributed by atoms with E-state index < -0.39 is 5.97 Å². The molecule has 106 valence electrons. The summed E-state index contributed by atoms with van der Waals surface area (Å²) in [5.74, 6) is -0.749. The number of aliphatic carboxylic acids is 1. The van der Waals surface area contributed by atoms with E-state index in [-0.39, 0.29) is 5.57 Å². The molecule has 1 N–H and O–H groups in total. The van der Waals surface area contributed by atoms with Gasteiger partial charge in [0.15, 0.2) is 5.58 Å². The first-order valence-electron chi connectivity index (χ1n) is 6.48. The Balaban J connectivity index is 1.94. The van der Waals surface area contributed by atoms with Gasteiger partial charge in [-0.25, -0.2) is 9.78 Å². The molecule has 0 aliphatic heterocycles. The summed E-state index contributed by atoms with van der Waals surface area (Å²) in [6.45, 7) is 0. The second-order valence-corrected chi connectivity index (χ2v) is 4.58. The van der Waals surface area contributed by atoms with E-state index in [9.17, 15) is 4.79 Å². The molecule has 0 atom stereocenters. The van der Waals surface area contributed by atoms with Crippen LogP contribution in [-0.4, -0.2) is 16.1 Å². The molecule has 0 aliphatic carbocycles. The van der Waals surface area contributed by atoms with Crippen molar-refractivity contribution in [2.45, 2.75) is 0 Å². The predicted octanol–water partition coefficient (Wildman–Crippen LogP) is 3.49. The third kappa shape index (κ3) is 2.58. The van der Waals surface area contributed by atoms with Crippen LogP contribution in [0.4, 0.5) is 0 Å². The van der Waals surface area contributed by atoms with Crippen molar-refractivity contribution in [1.82, 2.24) is 4.98 Å². The van der Waals surface area contributed by atoms with Crippen LogP contribution in [0.25, 0.3) is 28.6 Å². The van der Waals surface area contributed by atoms with Crippen molar-refractivity contribution in [3.05, 3.63) is 59.7 Å². The van der Waals surface area contributed by atoms with Gasteiger partial charge in [-0.05, 0) is 35.9 Å². The van der Waals surface area contributed by atoms with Crippen LogP contribution >= 0.6 is 0 Å². The molecule has 0 radical (unpaired) electrons. The lowest BCUT2D eigenvalue weighted by molar-refractivity contribution is -0.132. The van der Waals surface area contributed by atoms with Crippen LogP contribution in [0.15, 0.2) is 58.5 Å². The lowest BCUT2D eigenvalue weighted by Gasteiger charge is -1.97. The summed E-state index contributed by atoms with van der Waals surface area (Å²) in [5, 5.41) is 17.6. The largest absolute Gasteiger partial charge is 0.477 e. The number of fused-ring (bicyclic) bond motifs is 1. The number of carbonyl (C=O) groups is 1. The maximum absolute atomic E-state index is 10.8. The number of carboxylic acid groups (broad SMARTS) is 1. The van der Waals surface area contributed by atoms with Crippen molar-refractivity contribution in [1.29, 1.82) is 5.26 Å². The number of carboxylic acids is 1. The Morgan fingerprint density at radius 1 is 1.18 bits per heavy atom. The lowest BCUT2D eigenvalue weighted by atomic mass is 10.1. The van der Waals surface area contributed by atoms with E-state index in [2.05, 4.69) is 4.98 Å². The van der Waals surface area contributed by atoms with Crippen molar-refractivity contribution >= 4 is 23.1 Å². The summed E-state index contributed by atoms with van der Waals surface area (Å²) in [6.07, 6.45) is 1.32. The van der Waals surface area contributed by atoms with Crippen LogP contribution in [0.5, 0.6) is 0 Å². The molecule has 0 fully saturated rings. The van der Waals surface area contributed by atoms with Crippen LogP contribution < -0.4 is 0 Å². The smallest absolute Gasteiger partial charge is 0.346 e. The number of nitriles is 1. The van der Waals surface area contributed by atoms with Gasteiger partial charge in [0.25, 0.3) is 0 Å². The number of hydrogen-bond acceptors (Lipinski definition) is 4. The van der Waals surface area contributed by atoms with E-state index in [0.29, 0.717) is 17.0 Å². The second-order valence-electron chi connectivity index (χ2n) is 4.58. The van der Waals surface area contributed by atoms with Crippen LogP contribution in [0, 0.1) is 11.3 Å². The maximum Gasteiger partial charge on any atom is 0.346 e. The monoisotopic (exact) mass is 290 g/mol. The number of para-hydroxylation sites is 2. The number of oxazole rings is 1. The number of rotatable bonds is 3.